The Bertz CT molecular complexity index is 1490. The molecule has 0 saturated carbocycles. The molecular weight excluding hydrogens is 690 g/mol. The van der Waals surface area contributed by atoms with E-state index in [9.17, 15) is 14.7 Å². The number of carbonyl (C=O) groups excluding carboxylic acids is 1. The summed E-state index contributed by atoms with van der Waals surface area (Å²) in [5.41, 5.74) is 1.56. The number of carbonyl (C=O) groups is 1. The molecule has 1 aliphatic rings. The van der Waals surface area contributed by atoms with E-state index < -0.39 is 12.0 Å². The highest BCUT2D eigenvalue weighted by atomic mass is 127. The van der Waals surface area contributed by atoms with Gasteiger partial charge >= 0.3 is 5.97 Å². The second-order valence-electron chi connectivity index (χ2n) is 7.15. The largest absolute Gasteiger partial charge is 0.506 e. The number of ether oxygens (including phenoxy) is 1. The van der Waals surface area contributed by atoms with Crippen LogP contribution in [0.3, 0.4) is 0 Å². The number of halogens is 3. The zero-order valence-corrected chi connectivity index (χ0v) is 23.3. The molecule has 4 rings (SSSR count). The van der Waals surface area contributed by atoms with Gasteiger partial charge in [0.05, 0.1) is 26.0 Å². The van der Waals surface area contributed by atoms with Crippen molar-refractivity contribution in [1.29, 1.82) is 0 Å². The van der Waals surface area contributed by atoms with E-state index in [0.29, 0.717) is 34.8 Å². The Balaban J connectivity index is 2.01. The predicted octanol–water partition coefficient (Wildman–Crippen LogP) is 4.37. The van der Waals surface area contributed by atoms with Crippen LogP contribution in [0.25, 0.3) is 6.08 Å². The summed E-state index contributed by atoms with van der Waals surface area (Å²) in [6, 6.07) is 9.98. The van der Waals surface area contributed by atoms with Gasteiger partial charge in [-0.15, -0.1) is 0 Å². The molecule has 0 bridgehead atoms. The molecule has 0 aliphatic carbocycles. The lowest BCUT2D eigenvalue weighted by Crippen LogP contribution is -2.40. The highest BCUT2D eigenvalue weighted by molar-refractivity contribution is 14.1. The Labute approximate surface area is 225 Å². The standard InChI is InChI=1S/C23H17ClI2N2O4S/c1-3-32-22(31)18-11(2)27-23-28(19(18)14-6-4-5-7-15(14)24)21(30)17(33-23)9-12-8-13(25)10-16(26)20(12)29/h4-10,19,29H,3H2,1-2H3/b17-9-/t19-/m1/s1. The number of aromatic hydroxyl groups is 1. The highest BCUT2D eigenvalue weighted by Crippen LogP contribution is 2.34. The van der Waals surface area contributed by atoms with E-state index in [4.69, 9.17) is 16.3 Å². The van der Waals surface area contributed by atoms with Crippen LogP contribution < -0.4 is 14.9 Å². The number of hydrogen-bond donors (Lipinski definition) is 1. The van der Waals surface area contributed by atoms with E-state index in [1.165, 1.54) is 15.9 Å². The number of phenols is 1. The molecule has 0 saturated heterocycles. The van der Waals surface area contributed by atoms with Crippen LogP contribution in [-0.2, 0) is 9.53 Å². The highest BCUT2D eigenvalue weighted by Gasteiger charge is 2.34. The normalized spacial score (nSPS) is 15.9. The molecule has 0 fully saturated rings. The summed E-state index contributed by atoms with van der Waals surface area (Å²) in [5.74, 6) is -0.435. The van der Waals surface area contributed by atoms with Gasteiger partial charge in [-0.1, -0.05) is 41.1 Å². The minimum absolute atomic E-state index is 0.105. The van der Waals surface area contributed by atoms with Crippen molar-refractivity contribution in [3.8, 4) is 5.75 Å². The van der Waals surface area contributed by atoms with Crippen molar-refractivity contribution in [1.82, 2.24) is 4.57 Å². The van der Waals surface area contributed by atoms with Gasteiger partial charge in [-0.25, -0.2) is 9.79 Å². The first kappa shape index (κ1) is 24.4. The van der Waals surface area contributed by atoms with Gasteiger partial charge in [0.2, 0.25) is 0 Å². The lowest BCUT2D eigenvalue weighted by molar-refractivity contribution is -0.139. The zero-order valence-electron chi connectivity index (χ0n) is 17.4. The Hall–Kier alpha value is -1.70. The second-order valence-corrected chi connectivity index (χ2v) is 11.0. The third-order valence-corrected chi connectivity index (χ3v) is 7.83. The number of phenolic OH excluding ortho intramolecular Hbond substituents is 1. The molecule has 170 valence electrons. The molecule has 0 amide bonds. The number of rotatable bonds is 4. The summed E-state index contributed by atoms with van der Waals surface area (Å²) in [6.45, 7) is 3.64. The molecule has 2 heterocycles. The van der Waals surface area contributed by atoms with Crippen LogP contribution >= 0.6 is 68.1 Å². The maximum Gasteiger partial charge on any atom is 0.338 e. The van der Waals surface area contributed by atoms with Crippen molar-refractivity contribution in [2.75, 3.05) is 6.61 Å². The van der Waals surface area contributed by atoms with Crippen LogP contribution in [0.1, 0.15) is 31.0 Å². The third-order valence-electron chi connectivity index (χ3n) is 5.06. The van der Waals surface area contributed by atoms with Crippen LogP contribution in [0.15, 0.2) is 57.5 Å². The number of thiazole rings is 1. The molecule has 0 unspecified atom stereocenters. The Morgan fingerprint density at radius 1 is 1.33 bits per heavy atom. The molecule has 2 aromatic carbocycles. The zero-order chi connectivity index (χ0) is 23.9. The van der Waals surface area contributed by atoms with Crippen molar-refractivity contribution < 1.29 is 14.6 Å². The first-order chi connectivity index (χ1) is 15.7. The summed E-state index contributed by atoms with van der Waals surface area (Å²) in [4.78, 5) is 31.5. The van der Waals surface area contributed by atoms with E-state index in [1.807, 2.05) is 6.07 Å². The van der Waals surface area contributed by atoms with Crippen molar-refractivity contribution >= 4 is 80.2 Å². The van der Waals surface area contributed by atoms with Crippen LogP contribution in [0.4, 0.5) is 0 Å². The molecular formula is C23H17ClI2N2O4S. The maximum atomic E-state index is 13.6. The first-order valence-electron chi connectivity index (χ1n) is 9.85. The van der Waals surface area contributed by atoms with Gasteiger partial charge in [0.15, 0.2) is 4.80 Å². The van der Waals surface area contributed by atoms with Crippen molar-refractivity contribution in [2.45, 2.75) is 19.9 Å². The summed E-state index contributed by atoms with van der Waals surface area (Å²) in [7, 11) is 0. The first-order valence-corrected chi connectivity index (χ1v) is 13.2. The van der Waals surface area contributed by atoms with E-state index in [2.05, 4.69) is 50.2 Å². The fraction of sp³-hybridized carbons (Fsp3) is 0.174. The van der Waals surface area contributed by atoms with Crippen molar-refractivity contribution in [3.63, 3.8) is 0 Å². The molecule has 1 aromatic heterocycles. The predicted molar refractivity (Wildman–Crippen MR) is 145 cm³/mol. The number of benzene rings is 2. The Kier molecular flexibility index (Phi) is 7.32. The van der Waals surface area contributed by atoms with E-state index in [-0.39, 0.29) is 23.5 Å². The Morgan fingerprint density at radius 2 is 2.06 bits per heavy atom. The minimum Gasteiger partial charge on any atom is -0.506 e. The second kappa shape index (κ2) is 9.88. The van der Waals surface area contributed by atoms with Gasteiger partial charge in [-0.3, -0.25) is 9.36 Å². The molecule has 1 atom stereocenters. The van der Waals surface area contributed by atoms with Crippen LogP contribution in [0.5, 0.6) is 5.75 Å². The van der Waals surface area contributed by atoms with Gasteiger partial charge in [0.25, 0.3) is 5.56 Å². The number of hydrogen-bond acceptors (Lipinski definition) is 6. The van der Waals surface area contributed by atoms with Gasteiger partial charge in [0, 0.05) is 14.2 Å². The quantitative estimate of drug-likeness (QED) is 0.323. The SMILES string of the molecule is CCOC(=O)C1=C(C)N=c2s/c(=C\c3cc(I)cc(I)c3O)c(=O)n2[C@@H]1c1ccccc1Cl. The number of esters is 1. The fourth-order valence-electron chi connectivity index (χ4n) is 3.62. The maximum absolute atomic E-state index is 13.6. The van der Waals surface area contributed by atoms with E-state index >= 15 is 0 Å². The summed E-state index contributed by atoms with van der Waals surface area (Å²) >= 11 is 11.9. The number of allylic oxidation sites excluding steroid dienone is 1. The number of fused-ring (bicyclic) bond motifs is 1. The molecule has 3 aromatic rings. The van der Waals surface area contributed by atoms with Crippen molar-refractivity contribution in [3.05, 3.63) is 90.6 Å². The van der Waals surface area contributed by atoms with E-state index in [0.717, 1.165) is 3.57 Å². The fourth-order valence-corrected chi connectivity index (χ4v) is 6.79. The average Bonchev–Trinajstić information content (AvgIpc) is 3.06. The van der Waals surface area contributed by atoms with Gasteiger partial charge in [-0.2, -0.15) is 0 Å². The van der Waals surface area contributed by atoms with Crippen LogP contribution in [-0.4, -0.2) is 22.2 Å². The van der Waals surface area contributed by atoms with E-state index in [1.54, 1.807) is 50.3 Å². The molecule has 10 heteroatoms. The summed E-state index contributed by atoms with van der Waals surface area (Å²) < 4.78 is 8.77. The van der Waals surface area contributed by atoms with Crippen LogP contribution in [0, 0.1) is 7.14 Å². The lowest BCUT2D eigenvalue weighted by atomic mass is 9.96. The molecule has 33 heavy (non-hydrogen) atoms. The average molecular weight is 707 g/mol. The monoisotopic (exact) mass is 706 g/mol. The minimum atomic E-state index is -0.777. The molecule has 0 radical (unpaired) electrons. The molecule has 1 N–H and O–H groups in total. The molecule has 6 nitrogen and oxygen atoms in total. The van der Waals surface area contributed by atoms with Crippen molar-refractivity contribution in [2.24, 2.45) is 4.99 Å². The summed E-state index contributed by atoms with van der Waals surface area (Å²) in [5, 5.41) is 10.9. The third kappa shape index (κ3) is 4.64. The Morgan fingerprint density at radius 3 is 2.76 bits per heavy atom. The van der Waals surface area contributed by atoms with Gasteiger partial charge < -0.3 is 9.84 Å². The van der Waals surface area contributed by atoms with Crippen LogP contribution in [0.2, 0.25) is 5.02 Å². The smallest absolute Gasteiger partial charge is 0.338 e. The lowest BCUT2D eigenvalue weighted by Gasteiger charge is -2.25. The van der Waals surface area contributed by atoms with Gasteiger partial charge in [-0.05, 0) is 88.9 Å². The number of aromatic nitrogens is 1. The van der Waals surface area contributed by atoms with Gasteiger partial charge in [0.1, 0.15) is 11.8 Å². The topological polar surface area (TPSA) is 80.9 Å². The number of nitrogens with zero attached hydrogens (tertiary/aromatic N) is 2. The summed E-state index contributed by atoms with van der Waals surface area (Å²) in [6.07, 6.45) is 1.65. The molecule has 0 spiro atoms. The molecule has 1 aliphatic heterocycles.